The van der Waals surface area contributed by atoms with Gasteiger partial charge in [0.2, 0.25) is 0 Å². The molecule has 0 bridgehead atoms. The van der Waals surface area contributed by atoms with Crippen LogP contribution >= 0.6 is 0 Å². The molecular formula is C15H28N4O. The molecule has 20 heavy (non-hydrogen) atoms. The van der Waals surface area contributed by atoms with Crippen LogP contribution in [0.5, 0.6) is 0 Å². The third kappa shape index (κ3) is 5.23. The van der Waals surface area contributed by atoms with Gasteiger partial charge in [-0.25, -0.2) is 4.98 Å². The molecule has 2 rings (SSSR count). The van der Waals surface area contributed by atoms with Gasteiger partial charge in [-0.05, 0) is 27.2 Å². The fraction of sp³-hybridized carbons (Fsp3) is 0.800. The molecule has 0 unspecified atom stereocenters. The lowest BCUT2D eigenvalue weighted by Crippen LogP contribution is -2.37. The van der Waals surface area contributed by atoms with Gasteiger partial charge in [-0.3, -0.25) is 4.90 Å². The maximum absolute atomic E-state index is 5.37. The molecule has 114 valence electrons. The van der Waals surface area contributed by atoms with Gasteiger partial charge in [0.25, 0.3) is 0 Å². The van der Waals surface area contributed by atoms with Crippen molar-refractivity contribution in [3.05, 3.63) is 18.2 Å². The van der Waals surface area contributed by atoms with Gasteiger partial charge in [0.1, 0.15) is 0 Å². The maximum Gasteiger partial charge on any atom is 0.0948 e. The minimum Gasteiger partial charge on any atom is -0.379 e. The summed E-state index contributed by atoms with van der Waals surface area (Å²) in [5, 5.41) is 3.52. The molecule has 0 amide bonds. The Morgan fingerprint density at radius 1 is 1.25 bits per heavy atom. The summed E-state index contributed by atoms with van der Waals surface area (Å²) in [6, 6.07) is 0. The van der Waals surface area contributed by atoms with Gasteiger partial charge in [-0.2, -0.15) is 0 Å². The molecule has 1 aliphatic heterocycles. The van der Waals surface area contributed by atoms with Crippen molar-refractivity contribution < 1.29 is 4.74 Å². The van der Waals surface area contributed by atoms with Crippen LogP contribution < -0.4 is 5.32 Å². The number of morpholine rings is 1. The number of aromatic nitrogens is 2. The number of hydrogen-bond acceptors (Lipinski definition) is 4. The van der Waals surface area contributed by atoms with Gasteiger partial charge in [0.05, 0.1) is 25.2 Å². The van der Waals surface area contributed by atoms with Crippen LogP contribution in [0.25, 0.3) is 0 Å². The number of nitrogens with one attached hydrogen (secondary N) is 1. The lowest BCUT2D eigenvalue weighted by atomic mass is 10.1. The Bertz CT molecular complexity index is 391. The highest BCUT2D eigenvalue weighted by atomic mass is 16.5. The van der Waals surface area contributed by atoms with Crippen LogP contribution in [-0.4, -0.2) is 52.8 Å². The van der Waals surface area contributed by atoms with Crippen LogP contribution in [0, 0.1) is 0 Å². The van der Waals surface area contributed by atoms with E-state index in [0.717, 1.165) is 45.9 Å². The highest BCUT2D eigenvalue weighted by molar-refractivity contribution is 4.98. The normalized spacial score (nSPS) is 17.6. The molecule has 1 fully saturated rings. The van der Waals surface area contributed by atoms with E-state index in [1.54, 1.807) is 0 Å². The zero-order chi connectivity index (χ0) is 14.4. The summed E-state index contributed by atoms with van der Waals surface area (Å²) in [5.41, 5.74) is 1.41. The van der Waals surface area contributed by atoms with Crippen LogP contribution in [0.2, 0.25) is 0 Å². The van der Waals surface area contributed by atoms with Crippen molar-refractivity contribution in [2.24, 2.45) is 0 Å². The molecule has 1 aromatic rings. The number of ether oxygens (including phenoxy) is 1. The standard InChI is InChI=1S/C15H28N4O/c1-15(2,3)17-12-14-11-16-13-19(14)6-4-5-18-7-9-20-10-8-18/h11,13,17H,4-10,12H2,1-3H3. The molecule has 0 spiro atoms. The van der Waals surface area contributed by atoms with E-state index in [9.17, 15) is 0 Å². The molecule has 1 N–H and O–H groups in total. The molecule has 5 nitrogen and oxygen atoms in total. The number of nitrogens with zero attached hydrogens (tertiary/aromatic N) is 3. The highest BCUT2D eigenvalue weighted by Crippen LogP contribution is 2.06. The van der Waals surface area contributed by atoms with Crippen molar-refractivity contribution >= 4 is 0 Å². The van der Waals surface area contributed by atoms with E-state index in [4.69, 9.17) is 4.74 Å². The van der Waals surface area contributed by atoms with Crippen molar-refractivity contribution in [3.63, 3.8) is 0 Å². The largest absolute Gasteiger partial charge is 0.379 e. The van der Waals surface area contributed by atoms with Gasteiger partial charge in [-0.15, -0.1) is 0 Å². The molecule has 0 aromatic carbocycles. The van der Waals surface area contributed by atoms with Crippen molar-refractivity contribution in [3.8, 4) is 0 Å². The molecule has 0 radical (unpaired) electrons. The molecule has 1 aliphatic rings. The van der Waals surface area contributed by atoms with Crippen molar-refractivity contribution in [1.82, 2.24) is 19.8 Å². The van der Waals surface area contributed by atoms with Crippen molar-refractivity contribution in [2.45, 2.75) is 45.8 Å². The second-order valence-corrected chi connectivity index (χ2v) is 6.49. The number of rotatable bonds is 6. The Hall–Kier alpha value is -0.910. The van der Waals surface area contributed by atoms with E-state index in [1.165, 1.54) is 12.1 Å². The molecule has 0 aliphatic carbocycles. The minimum atomic E-state index is 0.142. The van der Waals surface area contributed by atoms with Gasteiger partial charge in [0.15, 0.2) is 0 Å². The fourth-order valence-corrected chi connectivity index (χ4v) is 2.34. The number of aryl methyl sites for hydroxylation is 1. The Morgan fingerprint density at radius 3 is 2.70 bits per heavy atom. The molecule has 1 aromatic heterocycles. The van der Waals surface area contributed by atoms with Gasteiger partial charge in [0, 0.05) is 44.5 Å². The van der Waals surface area contributed by atoms with E-state index in [0.29, 0.717) is 0 Å². The fourth-order valence-electron chi connectivity index (χ4n) is 2.34. The third-order valence-electron chi connectivity index (χ3n) is 3.58. The van der Waals surface area contributed by atoms with E-state index < -0.39 is 0 Å². The quantitative estimate of drug-likeness (QED) is 0.857. The Balaban J connectivity index is 1.74. The second kappa shape index (κ2) is 7.20. The van der Waals surface area contributed by atoms with E-state index >= 15 is 0 Å². The van der Waals surface area contributed by atoms with Gasteiger partial charge >= 0.3 is 0 Å². The lowest BCUT2D eigenvalue weighted by Gasteiger charge is -2.26. The summed E-state index contributed by atoms with van der Waals surface area (Å²) in [6.45, 7) is 13.5. The van der Waals surface area contributed by atoms with E-state index in [-0.39, 0.29) is 5.54 Å². The summed E-state index contributed by atoms with van der Waals surface area (Å²) < 4.78 is 7.63. The van der Waals surface area contributed by atoms with Gasteiger partial charge in [-0.1, -0.05) is 0 Å². The maximum atomic E-state index is 5.37. The average Bonchev–Trinajstić information content (AvgIpc) is 2.84. The van der Waals surface area contributed by atoms with Crippen LogP contribution in [0.3, 0.4) is 0 Å². The van der Waals surface area contributed by atoms with E-state index in [1.807, 2.05) is 12.5 Å². The molecule has 0 atom stereocenters. The molecular weight excluding hydrogens is 252 g/mol. The monoisotopic (exact) mass is 280 g/mol. The lowest BCUT2D eigenvalue weighted by molar-refractivity contribution is 0.0369. The topological polar surface area (TPSA) is 42.3 Å². The van der Waals surface area contributed by atoms with Gasteiger partial charge < -0.3 is 14.6 Å². The van der Waals surface area contributed by atoms with E-state index in [2.05, 4.69) is 40.5 Å². The molecule has 0 saturated carbocycles. The van der Waals surface area contributed by atoms with Crippen LogP contribution in [0.1, 0.15) is 32.9 Å². The minimum absolute atomic E-state index is 0.142. The Kier molecular flexibility index (Phi) is 5.57. The van der Waals surface area contributed by atoms with Crippen LogP contribution in [-0.2, 0) is 17.8 Å². The summed E-state index contributed by atoms with van der Waals surface area (Å²) in [6.07, 6.45) is 5.07. The predicted octanol–water partition coefficient (Wildman–Crippen LogP) is 1.49. The first kappa shape index (κ1) is 15.5. The third-order valence-corrected chi connectivity index (χ3v) is 3.58. The van der Waals surface area contributed by atoms with Crippen molar-refractivity contribution in [1.29, 1.82) is 0 Å². The van der Waals surface area contributed by atoms with Crippen LogP contribution in [0.4, 0.5) is 0 Å². The predicted molar refractivity (Wildman–Crippen MR) is 80.7 cm³/mol. The molecule has 5 heteroatoms. The summed E-state index contributed by atoms with van der Waals surface area (Å²) >= 11 is 0. The van der Waals surface area contributed by atoms with Crippen molar-refractivity contribution in [2.75, 3.05) is 32.8 Å². The zero-order valence-corrected chi connectivity index (χ0v) is 13.1. The summed E-state index contributed by atoms with van der Waals surface area (Å²) in [5.74, 6) is 0. The summed E-state index contributed by atoms with van der Waals surface area (Å²) in [4.78, 5) is 6.76. The Labute approximate surface area is 122 Å². The Morgan fingerprint density at radius 2 is 2.00 bits per heavy atom. The summed E-state index contributed by atoms with van der Waals surface area (Å²) in [7, 11) is 0. The number of hydrogen-bond donors (Lipinski definition) is 1. The second-order valence-electron chi connectivity index (χ2n) is 6.49. The SMILES string of the molecule is CC(C)(C)NCc1cncn1CCCN1CCOCC1. The highest BCUT2D eigenvalue weighted by Gasteiger charge is 2.12. The van der Waals surface area contributed by atoms with Crippen LogP contribution in [0.15, 0.2) is 12.5 Å². The zero-order valence-electron chi connectivity index (χ0n) is 13.1. The first-order chi connectivity index (χ1) is 9.54. The first-order valence-electron chi connectivity index (χ1n) is 7.59. The molecule has 2 heterocycles. The smallest absolute Gasteiger partial charge is 0.0948 e. The average molecular weight is 280 g/mol. The first-order valence-corrected chi connectivity index (χ1v) is 7.59. The number of imidazole rings is 1. The molecule has 1 saturated heterocycles.